The molecule has 0 spiro atoms. The summed E-state index contributed by atoms with van der Waals surface area (Å²) in [6.45, 7) is 3.29. The number of thiophene rings is 1. The number of anilines is 2. The molecule has 0 amide bonds. The molecule has 0 radical (unpaired) electrons. The van der Waals surface area contributed by atoms with Crippen LogP contribution in [-0.2, 0) is 6.54 Å². The smallest absolute Gasteiger partial charge is 0.323 e. The molecule has 0 aliphatic heterocycles. The Bertz CT molecular complexity index is 563. The first-order valence-corrected chi connectivity index (χ1v) is 7.87. The minimum absolute atomic E-state index is 0.334. The number of halogens is 1. The lowest BCUT2D eigenvalue weighted by molar-refractivity contribution is 0.292. The molecule has 0 atom stereocenters. The standard InChI is InChI=1S/C12H16BrN5OS/c1-3-6-19-12-17-10(14-2)16-11(18-12)15-7-8-4-5-9(13)20-8/h4-5H,3,6-7H2,1-2H3,(H2,14,15,16,17,18). The molecule has 0 aliphatic rings. The summed E-state index contributed by atoms with van der Waals surface area (Å²) in [5, 5.41) is 6.07. The van der Waals surface area contributed by atoms with E-state index in [4.69, 9.17) is 4.74 Å². The molecule has 2 rings (SSSR count). The van der Waals surface area contributed by atoms with E-state index in [9.17, 15) is 0 Å². The van der Waals surface area contributed by atoms with Crippen molar-refractivity contribution in [2.45, 2.75) is 19.9 Å². The topological polar surface area (TPSA) is 72.0 Å². The van der Waals surface area contributed by atoms with E-state index in [2.05, 4.69) is 47.6 Å². The van der Waals surface area contributed by atoms with E-state index in [-0.39, 0.29) is 0 Å². The Labute approximate surface area is 130 Å². The van der Waals surface area contributed by atoms with Crippen molar-refractivity contribution in [3.8, 4) is 6.01 Å². The number of nitrogens with zero attached hydrogens (tertiary/aromatic N) is 3. The Balaban J connectivity index is 2.05. The number of hydrogen-bond acceptors (Lipinski definition) is 7. The third kappa shape index (κ3) is 4.31. The first kappa shape index (κ1) is 15.0. The first-order chi connectivity index (χ1) is 9.71. The lowest BCUT2D eigenvalue weighted by Gasteiger charge is -2.08. The highest BCUT2D eigenvalue weighted by Gasteiger charge is 2.07. The zero-order valence-corrected chi connectivity index (χ0v) is 13.7. The molecule has 0 saturated carbocycles. The Morgan fingerprint density at radius 1 is 1.25 bits per heavy atom. The van der Waals surface area contributed by atoms with Crippen molar-refractivity contribution in [3.63, 3.8) is 0 Å². The molecule has 0 bridgehead atoms. The van der Waals surface area contributed by atoms with Crippen LogP contribution in [0, 0.1) is 0 Å². The highest BCUT2D eigenvalue weighted by molar-refractivity contribution is 9.11. The van der Waals surface area contributed by atoms with Gasteiger partial charge in [0.25, 0.3) is 0 Å². The van der Waals surface area contributed by atoms with Crippen molar-refractivity contribution in [1.29, 1.82) is 0 Å². The third-order valence-electron chi connectivity index (χ3n) is 2.32. The summed E-state index contributed by atoms with van der Waals surface area (Å²) in [6.07, 6.45) is 0.909. The fraction of sp³-hybridized carbons (Fsp3) is 0.417. The van der Waals surface area contributed by atoms with Crippen LogP contribution >= 0.6 is 27.3 Å². The predicted octanol–water partition coefficient (Wildman–Crippen LogP) is 3.14. The van der Waals surface area contributed by atoms with Gasteiger partial charge in [0.15, 0.2) is 0 Å². The normalized spacial score (nSPS) is 10.3. The molecule has 0 fully saturated rings. The molecule has 0 unspecified atom stereocenters. The van der Waals surface area contributed by atoms with Gasteiger partial charge in [0.1, 0.15) is 0 Å². The average molecular weight is 358 g/mol. The molecule has 20 heavy (non-hydrogen) atoms. The summed E-state index contributed by atoms with van der Waals surface area (Å²) in [5.41, 5.74) is 0. The largest absolute Gasteiger partial charge is 0.463 e. The number of hydrogen-bond donors (Lipinski definition) is 2. The van der Waals surface area contributed by atoms with Crippen molar-refractivity contribution in [2.75, 3.05) is 24.3 Å². The van der Waals surface area contributed by atoms with Crippen molar-refractivity contribution in [3.05, 3.63) is 20.8 Å². The Morgan fingerprint density at radius 3 is 2.70 bits per heavy atom. The molecule has 2 N–H and O–H groups in total. The van der Waals surface area contributed by atoms with Gasteiger partial charge < -0.3 is 15.4 Å². The van der Waals surface area contributed by atoms with Crippen LogP contribution in [0.15, 0.2) is 15.9 Å². The van der Waals surface area contributed by atoms with Gasteiger partial charge in [-0.3, -0.25) is 0 Å². The number of rotatable bonds is 7. The molecule has 2 aromatic heterocycles. The Kier molecular flexibility index (Phi) is 5.54. The zero-order valence-electron chi connectivity index (χ0n) is 11.3. The minimum atomic E-state index is 0.334. The monoisotopic (exact) mass is 357 g/mol. The quantitative estimate of drug-likeness (QED) is 0.792. The lowest BCUT2D eigenvalue weighted by atomic mass is 10.5. The maximum absolute atomic E-state index is 5.45. The number of nitrogens with one attached hydrogen (secondary N) is 2. The fourth-order valence-corrected chi connectivity index (χ4v) is 2.84. The molecule has 108 valence electrons. The molecule has 2 aromatic rings. The molecule has 0 aliphatic carbocycles. The van der Waals surface area contributed by atoms with Crippen LogP contribution in [0.25, 0.3) is 0 Å². The van der Waals surface area contributed by atoms with Gasteiger partial charge in [0.05, 0.1) is 16.9 Å². The van der Waals surface area contributed by atoms with Gasteiger partial charge >= 0.3 is 6.01 Å². The minimum Gasteiger partial charge on any atom is -0.463 e. The molecule has 0 saturated heterocycles. The van der Waals surface area contributed by atoms with Gasteiger partial charge in [-0.15, -0.1) is 11.3 Å². The van der Waals surface area contributed by atoms with Crippen molar-refractivity contribution < 1.29 is 4.74 Å². The van der Waals surface area contributed by atoms with Gasteiger partial charge in [-0.1, -0.05) is 6.92 Å². The van der Waals surface area contributed by atoms with Gasteiger partial charge in [-0.2, -0.15) is 15.0 Å². The molecule has 0 aromatic carbocycles. The Morgan fingerprint density at radius 2 is 2.05 bits per heavy atom. The first-order valence-electron chi connectivity index (χ1n) is 6.26. The van der Waals surface area contributed by atoms with Gasteiger partial charge in [0.2, 0.25) is 11.9 Å². The second-order valence-corrected chi connectivity index (χ2v) is 6.47. The lowest BCUT2D eigenvalue weighted by Crippen LogP contribution is -2.09. The number of ether oxygens (including phenoxy) is 1. The van der Waals surface area contributed by atoms with E-state index in [0.717, 1.165) is 10.2 Å². The summed E-state index contributed by atoms with van der Waals surface area (Å²) in [4.78, 5) is 13.8. The SMILES string of the molecule is CCCOc1nc(NC)nc(NCc2ccc(Br)s2)n1. The summed E-state index contributed by atoms with van der Waals surface area (Å²) in [5.74, 6) is 0.987. The van der Waals surface area contributed by atoms with Crippen LogP contribution in [0.5, 0.6) is 6.01 Å². The average Bonchev–Trinajstić information content (AvgIpc) is 2.88. The van der Waals surface area contributed by atoms with Crippen LogP contribution in [0.4, 0.5) is 11.9 Å². The van der Waals surface area contributed by atoms with Crippen LogP contribution < -0.4 is 15.4 Å². The van der Waals surface area contributed by atoms with E-state index in [1.807, 2.05) is 13.0 Å². The zero-order chi connectivity index (χ0) is 14.4. The second kappa shape index (κ2) is 7.39. The summed E-state index contributed by atoms with van der Waals surface area (Å²) < 4.78 is 6.55. The van der Waals surface area contributed by atoms with E-state index in [0.29, 0.717) is 31.1 Å². The van der Waals surface area contributed by atoms with Crippen molar-refractivity contribution >= 4 is 39.2 Å². The molecule has 6 nitrogen and oxygen atoms in total. The second-order valence-electron chi connectivity index (χ2n) is 3.92. The third-order valence-corrected chi connectivity index (χ3v) is 3.95. The van der Waals surface area contributed by atoms with E-state index >= 15 is 0 Å². The highest BCUT2D eigenvalue weighted by atomic mass is 79.9. The van der Waals surface area contributed by atoms with Crippen LogP contribution in [0.2, 0.25) is 0 Å². The van der Waals surface area contributed by atoms with Gasteiger partial charge in [-0.05, 0) is 34.5 Å². The summed E-state index contributed by atoms with van der Waals surface area (Å²) in [6, 6.07) is 4.40. The number of aromatic nitrogens is 3. The summed E-state index contributed by atoms with van der Waals surface area (Å²) in [7, 11) is 1.76. The van der Waals surface area contributed by atoms with Crippen molar-refractivity contribution in [2.24, 2.45) is 0 Å². The van der Waals surface area contributed by atoms with Gasteiger partial charge in [0, 0.05) is 11.9 Å². The van der Waals surface area contributed by atoms with Crippen LogP contribution in [0.3, 0.4) is 0 Å². The van der Waals surface area contributed by atoms with E-state index < -0.39 is 0 Å². The van der Waals surface area contributed by atoms with E-state index in [1.165, 1.54) is 4.88 Å². The Hall–Kier alpha value is -1.41. The van der Waals surface area contributed by atoms with Crippen LogP contribution in [-0.4, -0.2) is 28.6 Å². The maximum atomic E-state index is 5.45. The predicted molar refractivity (Wildman–Crippen MR) is 84.5 cm³/mol. The molecular formula is C12H16BrN5OS. The van der Waals surface area contributed by atoms with Gasteiger partial charge in [-0.25, -0.2) is 0 Å². The fourth-order valence-electron chi connectivity index (χ4n) is 1.42. The van der Waals surface area contributed by atoms with Crippen LogP contribution in [0.1, 0.15) is 18.2 Å². The van der Waals surface area contributed by atoms with E-state index in [1.54, 1.807) is 18.4 Å². The molecule has 8 heteroatoms. The maximum Gasteiger partial charge on any atom is 0.323 e. The molecule has 2 heterocycles. The summed E-state index contributed by atoms with van der Waals surface area (Å²) >= 11 is 5.11. The highest BCUT2D eigenvalue weighted by Crippen LogP contribution is 2.22. The van der Waals surface area contributed by atoms with Crippen molar-refractivity contribution in [1.82, 2.24) is 15.0 Å². The molecular weight excluding hydrogens is 342 g/mol.